The number of fused-ring (bicyclic) bond motifs is 1. The van der Waals surface area contributed by atoms with Gasteiger partial charge in [-0.2, -0.15) is 4.98 Å². The Kier molecular flexibility index (Phi) is 7.36. The summed E-state index contributed by atoms with van der Waals surface area (Å²) in [5.41, 5.74) is 6.29. The summed E-state index contributed by atoms with van der Waals surface area (Å²) in [6.45, 7) is 7.81. The van der Waals surface area contributed by atoms with Crippen molar-refractivity contribution in [3.8, 4) is 0 Å². The second-order valence-electron chi connectivity index (χ2n) is 8.55. The summed E-state index contributed by atoms with van der Waals surface area (Å²) in [4.78, 5) is 31.0. The molecule has 0 saturated carbocycles. The third-order valence-electron chi connectivity index (χ3n) is 5.54. The zero-order valence-electron chi connectivity index (χ0n) is 18.7. The largest absolute Gasteiger partial charge is 0.348 e. The summed E-state index contributed by atoms with van der Waals surface area (Å²) in [6, 6.07) is 4.14. The summed E-state index contributed by atoms with van der Waals surface area (Å²) in [7, 11) is 4.24. The summed E-state index contributed by atoms with van der Waals surface area (Å²) in [5, 5.41) is 3.77. The summed E-state index contributed by atoms with van der Waals surface area (Å²) < 4.78 is 1.86. The molecule has 0 atom stereocenters. The first-order chi connectivity index (χ1) is 14.3. The summed E-state index contributed by atoms with van der Waals surface area (Å²) in [5.74, 6) is 0.182. The minimum Gasteiger partial charge on any atom is -0.340 e. The van der Waals surface area contributed by atoms with E-state index in [9.17, 15) is 9.59 Å². The van der Waals surface area contributed by atoms with Crippen molar-refractivity contribution in [3.63, 3.8) is 0 Å². The number of anilines is 1. The highest BCUT2D eigenvalue weighted by Gasteiger charge is 2.22. The molecule has 6 nitrogen and oxygen atoms in total. The molecule has 0 unspecified atom stereocenters. The highest BCUT2D eigenvalue weighted by Crippen LogP contribution is 2.29. The molecular formula is C23H33N4O2S+. The van der Waals surface area contributed by atoms with Crippen LogP contribution < -0.4 is 15.9 Å². The van der Waals surface area contributed by atoms with Crippen molar-refractivity contribution in [1.29, 1.82) is 0 Å². The maximum atomic E-state index is 12.7. The van der Waals surface area contributed by atoms with Crippen molar-refractivity contribution in [2.24, 2.45) is 0 Å². The fourth-order valence-electron chi connectivity index (χ4n) is 4.21. The van der Waals surface area contributed by atoms with Crippen LogP contribution in [0.1, 0.15) is 40.8 Å². The fourth-order valence-corrected chi connectivity index (χ4v) is 5.09. The van der Waals surface area contributed by atoms with Crippen molar-refractivity contribution in [1.82, 2.24) is 9.55 Å². The Morgan fingerprint density at radius 2 is 1.90 bits per heavy atom. The first-order valence-corrected chi connectivity index (χ1v) is 11.7. The summed E-state index contributed by atoms with van der Waals surface area (Å²) >= 11 is 1.38. The van der Waals surface area contributed by atoms with E-state index >= 15 is 0 Å². The Hall–Kier alpha value is -2.12. The number of amides is 1. The van der Waals surface area contributed by atoms with Crippen LogP contribution in [0.2, 0.25) is 0 Å². The maximum absolute atomic E-state index is 12.7. The van der Waals surface area contributed by atoms with Crippen molar-refractivity contribution >= 4 is 23.4 Å². The lowest BCUT2D eigenvalue weighted by molar-refractivity contribution is -0.858. The number of carbonyl (C=O) groups is 1. The van der Waals surface area contributed by atoms with Gasteiger partial charge in [0.15, 0.2) is 0 Å². The molecule has 1 heterocycles. The molecule has 3 rings (SSSR count). The number of aryl methyl sites for hydroxylation is 3. The van der Waals surface area contributed by atoms with E-state index in [-0.39, 0.29) is 17.3 Å². The lowest BCUT2D eigenvalue weighted by Gasteiger charge is -2.15. The summed E-state index contributed by atoms with van der Waals surface area (Å²) in [6.07, 6.45) is 3.85. The second kappa shape index (κ2) is 9.79. The molecule has 30 heavy (non-hydrogen) atoms. The van der Waals surface area contributed by atoms with E-state index in [1.807, 2.05) is 18.4 Å². The van der Waals surface area contributed by atoms with Gasteiger partial charge in [-0.05, 0) is 51.2 Å². The molecule has 1 aliphatic carbocycles. The van der Waals surface area contributed by atoms with Gasteiger partial charge in [0.1, 0.15) is 5.03 Å². The maximum Gasteiger partial charge on any atom is 0.348 e. The highest BCUT2D eigenvalue weighted by molar-refractivity contribution is 8.00. The SMILES string of the molecule is Cc1cc(C)c(NC(=O)CSc2nc(=O)n(CCC[NH+](C)C)c3c2CCC3)c(C)c1. The van der Waals surface area contributed by atoms with Crippen molar-refractivity contribution in [2.45, 2.75) is 58.0 Å². The van der Waals surface area contributed by atoms with Crippen LogP contribution in [0.15, 0.2) is 22.0 Å². The smallest absolute Gasteiger partial charge is 0.340 e. The Morgan fingerprint density at radius 1 is 1.20 bits per heavy atom. The van der Waals surface area contributed by atoms with Crippen molar-refractivity contribution < 1.29 is 9.69 Å². The number of thioether (sulfide) groups is 1. The van der Waals surface area contributed by atoms with Crippen LogP contribution in [-0.2, 0) is 24.2 Å². The number of rotatable bonds is 8. The monoisotopic (exact) mass is 429 g/mol. The van der Waals surface area contributed by atoms with Crippen LogP contribution in [0.4, 0.5) is 5.69 Å². The second-order valence-corrected chi connectivity index (χ2v) is 9.52. The fraction of sp³-hybridized carbons (Fsp3) is 0.522. The van der Waals surface area contributed by atoms with Gasteiger partial charge >= 0.3 is 5.69 Å². The number of aromatic nitrogens is 2. The van der Waals surface area contributed by atoms with Gasteiger partial charge in [-0.15, -0.1) is 0 Å². The molecule has 0 radical (unpaired) electrons. The normalized spacial score (nSPS) is 13.0. The molecule has 0 aliphatic heterocycles. The van der Waals surface area contributed by atoms with Gasteiger partial charge in [0.2, 0.25) is 5.91 Å². The average Bonchev–Trinajstić information content (AvgIpc) is 3.14. The number of hydrogen-bond acceptors (Lipinski definition) is 4. The molecule has 0 fully saturated rings. The van der Waals surface area contributed by atoms with E-state index in [1.165, 1.54) is 22.2 Å². The Bertz CT molecular complexity index is 974. The van der Waals surface area contributed by atoms with Crippen LogP contribution >= 0.6 is 11.8 Å². The van der Waals surface area contributed by atoms with E-state index in [0.29, 0.717) is 0 Å². The number of hydrogen-bond donors (Lipinski definition) is 2. The van der Waals surface area contributed by atoms with E-state index in [2.05, 4.69) is 43.5 Å². The van der Waals surface area contributed by atoms with Crippen molar-refractivity contribution in [2.75, 3.05) is 31.7 Å². The van der Waals surface area contributed by atoms with Gasteiger partial charge in [-0.1, -0.05) is 29.5 Å². The molecule has 7 heteroatoms. The predicted octanol–water partition coefficient (Wildman–Crippen LogP) is 1.92. The number of benzene rings is 1. The van der Waals surface area contributed by atoms with Gasteiger partial charge in [0.05, 0.1) is 26.4 Å². The molecule has 2 N–H and O–H groups in total. The van der Waals surface area contributed by atoms with E-state index in [1.54, 1.807) is 0 Å². The molecule has 1 aromatic carbocycles. The molecule has 0 spiro atoms. The molecule has 1 aromatic heterocycles. The van der Waals surface area contributed by atoms with Crippen LogP contribution in [0.3, 0.4) is 0 Å². The Labute approximate surface area is 183 Å². The van der Waals surface area contributed by atoms with Crippen LogP contribution in [0, 0.1) is 20.8 Å². The molecular weight excluding hydrogens is 396 g/mol. The van der Waals surface area contributed by atoms with Crippen LogP contribution in [0.5, 0.6) is 0 Å². The lowest BCUT2D eigenvalue weighted by atomic mass is 10.1. The minimum absolute atomic E-state index is 0.0678. The average molecular weight is 430 g/mol. The zero-order valence-corrected chi connectivity index (χ0v) is 19.5. The first-order valence-electron chi connectivity index (χ1n) is 10.7. The molecule has 1 aliphatic rings. The molecule has 2 aromatic rings. The van der Waals surface area contributed by atoms with Gasteiger partial charge < -0.3 is 10.2 Å². The third-order valence-corrected chi connectivity index (χ3v) is 6.56. The quantitative estimate of drug-likeness (QED) is 0.497. The number of carbonyl (C=O) groups excluding carboxylic acids is 1. The van der Waals surface area contributed by atoms with E-state index in [4.69, 9.17) is 0 Å². The molecule has 0 saturated heterocycles. The van der Waals surface area contributed by atoms with Gasteiger partial charge in [-0.25, -0.2) is 4.79 Å². The minimum atomic E-state index is -0.183. The van der Waals surface area contributed by atoms with Gasteiger partial charge in [0, 0.05) is 29.9 Å². The van der Waals surface area contributed by atoms with Crippen molar-refractivity contribution in [3.05, 3.63) is 50.6 Å². The number of nitrogens with one attached hydrogen (secondary N) is 2. The molecule has 0 bridgehead atoms. The van der Waals surface area contributed by atoms with Crippen LogP contribution in [0.25, 0.3) is 0 Å². The topological polar surface area (TPSA) is 68.4 Å². The number of nitrogens with zero attached hydrogens (tertiary/aromatic N) is 2. The Balaban J connectivity index is 1.70. The highest BCUT2D eigenvalue weighted by atomic mass is 32.2. The van der Waals surface area contributed by atoms with Crippen LogP contribution in [-0.4, -0.2) is 41.9 Å². The Morgan fingerprint density at radius 3 is 2.57 bits per heavy atom. The third kappa shape index (κ3) is 5.32. The number of quaternary nitrogens is 1. The van der Waals surface area contributed by atoms with Gasteiger partial charge in [-0.3, -0.25) is 9.36 Å². The lowest BCUT2D eigenvalue weighted by Crippen LogP contribution is -3.05. The standard InChI is InChI=1S/C23H32N4O2S/c1-15-12-16(2)21(17(3)13-15)24-20(28)14-30-22-18-8-6-9-19(18)27(23(29)25-22)11-7-10-26(4)5/h12-13H,6-11,14H2,1-5H3,(H,24,28)/p+1. The van der Waals surface area contributed by atoms with Gasteiger partial charge in [0.25, 0.3) is 0 Å². The molecule has 1 amide bonds. The first kappa shape index (κ1) is 22.6. The van der Waals surface area contributed by atoms with E-state index in [0.717, 1.165) is 71.9 Å². The zero-order chi connectivity index (χ0) is 21.8. The predicted molar refractivity (Wildman–Crippen MR) is 123 cm³/mol. The molecule has 162 valence electrons. The van der Waals surface area contributed by atoms with E-state index < -0.39 is 0 Å².